The lowest BCUT2D eigenvalue weighted by Crippen LogP contribution is -2.43. The molecule has 0 N–H and O–H groups in total. The normalized spacial score (nSPS) is 27.8. The predicted octanol–water partition coefficient (Wildman–Crippen LogP) is 2.47. The Bertz CT molecular complexity index is 239. The maximum atomic E-state index is 5.16. The monoisotopic (exact) mass is 268 g/mol. The van der Waals surface area contributed by atoms with Gasteiger partial charge in [0.25, 0.3) is 0 Å². The van der Waals surface area contributed by atoms with Crippen LogP contribution < -0.4 is 0 Å². The lowest BCUT2D eigenvalue weighted by atomic mass is 9.94. The maximum Gasteiger partial charge on any atom is 0.0474 e. The second kappa shape index (κ2) is 8.23. The van der Waals surface area contributed by atoms with E-state index in [9.17, 15) is 0 Å². The van der Waals surface area contributed by atoms with Crippen LogP contribution in [-0.2, 0) is 4.74 Å². The molecule has 2 heterocycles. The molecule has 2 rings (SSSR count). The quantitative estimate of drug-likeness (QED) is 0.688. The molecule has 0 aliphatic carbocycles. The number of likely N-dealkylation sites (tertiary alicyclic amines) is 2. The number of rotatable bonds is 6. The minimum absolute atomic E-state index is 0.907. The number of nitrogens with zero attached hydrogens (tertiary/aromatic N) is 2. The molecule has 0 aromatic rings. The van der Waals surface area contributed by atoms with Crippen LogP contribution in [0.15, 0.2) is 0 Å². The van der Waals surface area contributed by atoms with Gasteiger partial charge in [-0.25, -0.2) is 0 Å². The van der Waals surface area contributed by atoms with Gasteiger partial charge in [-0.1, -0.05) is 6.92 Å². The lowest BCUT2D eigenvalue weighted by Gasteiger charge is -2.37. The summed E-state index contributed by atoms with van der Waals surface area (Å²) in [6.45, 7) is 11.2. The summed E-state index contributed by atoms with van der Waals surface area (Å²) in [5.41, 5.74) is 0. The maximum absolute atomic E-state index is 5.16. The second-order valence-electron chi connectivity index (χ2n) is 6.64. The van der Waals surface area contributed by atoms with Crippen LogP contribution in [0.4, 0.5) is 0 Å². The van der Waals surface area contributed by atoms with Crippen LogP contribution in [0.2, 0.25) is 0 Å². The third kappa shape index (κ3) is 5.41. The summed E-state index contributed by atoms with van der Waals surface area (Å²) in [6, 6.07) is 0. The molecule has 3 nitrogen and oxygen atoms in total. The van der Waals surface area contributed by atoms with Crippen molar-refractivity contribution in [2.24, 2.45) is 11.8 Å². The Balaban J connectivity index is 1.66. The molecule has 2 fully saturated rings. The first-order valence-electron chi connectivity index (χ1n) is 8.21. The molecule has 1 unspecified atom stereocenters. The molecule has 0 spiro atoms. The van der Waals surface area contributed by atoms with E-state index in [2.05, 4.69) is 16.7 Å². The molecule has 0 amide bonds. The largest absolute Gasteiger partial charge is 0.385 e. The molecule has 2 aliphatic rings. The van der Waals surface area contributed by atoms with Gasteiger partial charge in [0.15, 0.2) is 0 Å². The highest BCUT2D eigenvalue weighted by atomic mass is 16.5. The summed E-state index contributed by atoms with van der Waals surface area (Å²) in [6.07, 6.45) is 6.83. The highest BCUT2D eigenvalue weighted by molar-refractivity contribution is 4.78. The van der Waals surface area contributed by atoms with Crippen molar-refractivity contribution in [1.82, 2.24) is 9.80 Å². The van der Waals surface area contributed by atoms with Crippen molar-refractivity contribution in [1.29, 1.82) is 0 Å². The van der Waals surface area contributed by atoms with Gasteiger partial charge in [-0.3, -0.25) is 0 Å². The molecule has 0 bridgehead atoms. The van der Waals surface area contributed by atoms with Gasteiger partial charge in [0.2, 0.25) is 0 Å². The third-order valence-electron chi connectivity index (χ3n) is 4.82. The first-order chi connectivity index (χ1) is 9.28. The van der Waals surface area contributed by atoms with E-state index in [-0.39, 0.29) is 0 Å². The van der Waals surface area contributed by atoms with Crippen LogP contribution in [0.3, 0.4) is 0 Å². The zero-order valence-electron chi connectivity index (χ0n) is 12.9. The number of piperidine rings is 2. The van der Waals surface area contributed by atoms with Crippen LogP contribution in [0.1, 0.15) is 39.0 Å². The average Bonchev–Trinajstić information content (AvgIpc) is 2.42. The Hall–Kier alpha value is -0.120. The molecule has 2 saturated heterocycles. The molecular weight excluding hydrogens is 236 g/mol. The van der Waals surface area contributed by atoms with Crippen LogP contribution in [0.25, 0.3) is 0 Å². The Morgan fingerprint density at radius 2 is 1.84 bits per heavy atom. The first-order valence-corrected chi connectivity index (χ1v) is 8.21. The van der Waals surface area contributed by atoms with Crippen LogP contribution >= 0.6 is 0 Å². The Morgan fingerprint density at radius 1 is 1.05 bits per heavy atom. The topological polar surface area (TPSA) is 15.7 Å². The van der Waals surface area contributed by atoms with Crippen molar-refractivity contribution in [3.05, 3.63) is 0 Å². The fourth-order valence-corrected chi connectivity index (χ4v) is 3.55. The standard InChI is InChI=1S/C16H32N2O/c1-15-6-10-18(11-7-15)14-16-5-3-8-17(13-16)9-4-12-19-2/h15-16H,3-14H2,1-2H3. The molecule has 0 aromatic carbocycles. The number of ether oxygens (including phenoxy) is 1. The zero-order chi connectivity index (χ0) is 13.5. The molecular formula is C16H32N2O. The Morgan fingerprint density at radius 3 is 2.58 bits per heavy atom. The summed E-state index contributed by atoms with van der Waals surface area (Å²) >= 11 is 0. The Kier molecular flexibility index (Phi) is 6.62. The fraction of sp³-hybridized carbons (Fsp3) is 1.00. The van der Waals surface area contributed by atoms with Crippen molar-refractivity contribution in [2.45, 2.75) is 39.0 Å². The van der Waals surface area contributed by atoms with E-state index in [0.717, 1.165) is 18.4 Å². The van der Waals surface area contributed by atoms with E-state index in [1.165, 1.54) is 71.4 Å². The summed E-state index contributed by atoms with van der Waals surface area (Å²) < 4.78 is 5.16. The molecule has 0 aromatic heterocycles. The first kappa shape index (κ1) is 15.3. The lowest BCUT2D eigenvalue weighted by molar-refractivity contribution is 0.103. The molecule has 2 aliphatic heterocycles. The summed E-state index contributed by atoms with van der Waals surface area (Å²) in [7, 11) is 1.80. The number of hydrogen-bond donors (Lipinski definition) is 0. The van der Waals surface area contributed by atoms with Gasteiger partial charge in [0, 0.05) is 33.4 Å². The molecule has 112 valence electrons. The molecule has 0 radical (unpaired) electrons. The Labute approximate surface area is 119 Å². The summed E-state index contributed by atoms with van der Waals surface area (Å²) in [5.74, 6) is 1.86. The van der Waals surface area contributed by atoms with E-state index in [0.29, 0.717) is 0 Å². The second-order valence-corrected chi connectivity index (χ2v) is 6.64. The van der Waals surface area contributed by atoms with Crippen molar-refractivity contribution in [2.75, 3.05) is 53.0 Å². The van der Waals surface area contributed by atoms with Gasteiger partial charge in [-0.05, 0) is 63.6 Å². The van der Waals surface area contributed by atoms with E-state index >= 15 is 0 Å². The average molecular weight is 268 g/mol. The minimum atomic E-state index is 0.907. The highest BCUT2D eigenvalue weighted by Gasteiger charge is 2.23. The third-order valence-corrected chi connectivity index (χ3v) is 4.82. The van der Waals surface area contributed by atoms with E-state index < -0.39 is 0 Å². The van der Waals surface area contributed by atoms with Gasteiger partial charge < -0.3 is 14.5 Å². The number of hydrogen-bond acceptors (Lipinski definition) is 3. The minimum Gasteiger partial charge on any atom is -0.385 e. The highest BCUT2D eigenvalue weighted by Crippen LogP contribution is 2.21. The van der Waals surface area contributed by atoms with Crippen molar-refractivity contribution < 1.29 is 4.74 Å². The zero-order valence-corrected chi connectivity index (χ0v) is 12.9. The smallest absolute Gasteiger partial charge is 0.0474 e. The fourth-order valence-electron chi connectivity index (χ4n) is 3.55. The van der Waals surface area contributed by atoms with Crippen molar-refractivity contribution in [3.8, 4) is 0 Å². The molecule has 19 heavy (non-hydrogen) atoms. The number of methoxy groups -OCH3 is 1. The predicted molar refractivity (Wildman–Crippen MR) is 80.5 cm³/mol. The van der Waals surface area contributed by atoms with Gasteiger partial charge >= 0.3 is 0 Å². The van der Waals surface area contributed by atoms with Crippen molar-refractivity contribution in [3.63, 3.8) is 0 Å². The van der Waals surface area contributed by atoms with E-state index in [1.807, 2.05) is 0 Å². The summed E-state index contributed by atoms with van der Waals surface area (Å²) in [5, 5.41) is 0. The van der Waals surface area contributed by atoms with Gasteiger partial charge in [0.05, 0.1) is 0 Å². The van der Waals surface area contributed by atoms with Crippen LogP contribution in [0, 0.1) is 11.8 Å². The molecule has 1 atom stereocenters. The van der Waals surface area contributed by atoms with Crippen molar-refractivity contribution >= 4 is 0 Å². The van der Waals surface area contributed by atoms with Crippen LogP contribution in [-0.4, -0.2) is 62.8 Å². The molecule has 3 heteroatoms. The van der Waals surface area contributed by atoms with Gasteiger partial charge in [0.1, 0.15) is 0 Å². The van der Waals surface area contributed by atoms with E-state index in [1.54, 1.807) is 7.11 Å². The summed E-state index contributed by atoms with van der Waals surface area (Å²) in [4.78, 5) is 5.36. The van der Waals surface area contributed by atoms with Gasteiger partial charge in [-0.2, -0.15) is 0 Å². The molecule has 0 saturated carbocycles. The van der Waals surface area contributed by atoms with Gasteiger partial charge in [-0.15, -0.1) is 0 Å². The van der Waals surface area contributed by atoms with Crippen LogP contribution in [0.5, 0.6) is 0 Å². The SMILES string of the molecule is COCCCN1CCCC(CN2CCC(C)CC2)C1. The van der Waals surface area contributed by atoms with E-state index in [4.69, 9.17) is 4.74 Å².